The lowest BCUT2D eigenvalue weighted by atomic mass is 9.92. The summed E-state index contributed by atoms with van der Waals surface area (Å²) in [5.74, 6) is 1.61. The van der Waals surface area contributed by atoms with E-state index in [0.29, 0.717) is 36.5 Å². The predicted octanol–water partition coefficient (Wildman–Crippen LogP) is 3.05. The third-order valence-electron chi connectivity index (χ3n) is 6.02. The van der Waals surface area contributed by atoms with E-state index in [9.17, 15) is 8.42 Å². The highest BCUT2D eigenvalue weighted by Gasteiger charge is 2.30. The van der Waals surface area contributed by atoms with Crippen LogP contribution < -0.4 is 4.74 Å². The minimum absolute atomic E-state index is 0.0347. The van der Waals surface area contributed by atoms with Crippen LogP contribution in [0.15, 0.2) is 36.7 Å². The molecule has 1 saturated heterocycles. The Kier molecular flexibility index (Phi) is 5.79. The molecule has 0 radical (unpaired) electrons. The number of sulfone groups is 1. The number of hydrogen-bond donors (Lipinski definition) is 1. The monoisotopic (exact) mass is 467 g/mol. The molecule has 5 rings (SSSR count). The lowest BCUT2D eigenvalue weighted by molar-refractivity contribution is 0.309. The van der Waals surface area contributed by atoms with Crippen LogP contribution >= 0.6 is 0 Å². The van der Waals surface area contributed by atoms with E-state index in [1.54, 1.807) is 10.7 Å². The van der Waals surface area contributed by atoms with Crippen molar-refractivity contribution in [3.63, 3.8) is 0 Å². The number of H-pyrrole nitrogens is 1. The van der Waals surface area contributed by atoms with E-state index in [0.717, 1.165) is 35.4 Å². The zero-order chi connectivity index (χ0) is 22.8. The second kappa shape index (κ2) is 8.89. The lowest BCUT2D eigenvalue weighted by Crippen LogP contribution is -2.24. The summed E-state index contributed by atoms with van der Waals surface area (Å²) < 4.78 is 31.8. The number of tetrazole rings is 1. The van der Waals surface area contributed by atoms with Crippen LogP contribution in [0.5, 0.6) is 5.75 Å². The first-order valence-electron chi connectivity index (χ1n) is 11.1. The molecule has 1 aliphatic heterocycles. The summed E-state index contributed by atoms with van der Waals surface area (Å²) in [6.45, 7) is 2.82. The van der Waals surface area contributed by atoms with Crippen molar-refractivity contribution >= 4 is 15.5 Å². The fraction of sp³-hybridized carbons (Fsp3) is 0.409. The van der Waals surface area contributed by atoms with Crippen LogP contribution in [-0.2, 0) is 9.84 Å². The van der Waals surface area contributed by atoms with Crippen molar-refractivity contribution in [2.24, 2.45) is 0 Å². The molecule has 1 N–H and O–H groups in total. The molecule has 0 bridgehead atoms. The fourth-order valence-electron chi connectivity index (χ4n) is 4.23. The third-order valence-corrected chi connectivity index (χ3v) is 7.74. The van der Waals surface area contributed by atoms with Gasteiger partial charge in [-0.15, -0.1) is 10.2 Å². The van der Waals surface area contributed by atoms with Gasteiger partial charge in [0, 0.05) is 17.7 Å². The van der Waals surface area contributed by atoms with Crippen LogP contribution in [0.3, 0.4) is 0 Å². The lowest BCUT2D eigenvalue weighted by Gasteiger charge is -2.25. The molecule has 1 fully saturated rings. The van der Waals surface area contributed by atoms with Crippen LogP contribution in [0.2, 0.25) is 0 Å². The maximum Gasteiger partial charge on any atom is 0.210 e. The van der Waals surface area contributed by atoms with Crippen LogP contribution in [0.1, 0.15) is 44.2 Å². The molecular formula is C22H25N7O3S. The summed E-state index contributed by atoms with van der Waals surface area (Å²) in [4.78, 5) is 4.67. The Bertz CT molecular complexity index is 1330. The Morgan fingerprint density at radius 1 is 1.12 bits per heavy atom. The van der Waals surface area contributed by atoms with E-state index in [-0.39, 0.29) is 17.4 Å². The van der Waals surface area contributed by atoms with Gasteiger partial charge in [0.25, 0.3) is 0 Å². The van der Waals surface area contributed by atoms with Gasteiger partial charge >= 0.3 is 0 Å². The first-order chi connectivity index (χ1) is 16.1. The molecule has 4 heterocycles. The molecule has 1 aromatic carbocycles. The first-order valence-corrected chi connectivity index (χ1v) is 12.9. The quantitative estimate of drug-likeness (QED) is 0.411. The van der Waals surface area contributed by atoms with Crippen LogP contribution in [0.4, 0.5) is 0 Å². The van der Waals surface area contributed by atoms with Crippen molar-refractivity contribution in [2.45, 2.75) is 38.5 Å². The number of ether oxygens (including phenoxy) is 1. The molecule has 0 amide bonds. The number of unbranched alkanes of at least 4 members (excludes halogenated alkanes) is 1. The maximum atomic E-state index is 12.1. The minimum atomic E-state index is -3.00. The standard InChI is InChI=1S/C22H25N7O3S/c1-2-3-10-32-17-6-4-15(5-7-17)18-13-23-22-19(21-25-27-28-26-21)14-24-29(22)20(18)16-8-11-33(30,31)12-9-16/h4-7,13-14,16H,2-3,8-12H2,1H3,(H,25,26,27,28). The van der Waals surface area contributed by atoms with E-state index >= 15 is 0 Å². The van der Waals surface area contributed by atoms with Gasteiger partial charge in [-0.25, -0.2) is 17.9 Å². The molecule has 33 heavy (non-hydrogen) atoms. The number of nitrogens with zero attached hydrogens (tertiary/aromatic N) is 6. The summed E-state index contributed by atoms with van der Waals surface area (Å²) in [6, 6.07) is 7.93. The van der Waals surface area contributed by atoms with E-state index in [4.69, 9.17) is 4.74 Å². The van der Waals surface area contributed by atoms with Gasteiger partial charge in [0.2, 0.25) is 5.82 Å². The Morgan fingerprint density at radius 2 is 1.91 bits per heavy atom. The molecule has 0 unspecified atom stereocenters. The van der Waals surface area contributed by atoms with Crippen LogP contribution in [0, 0.1) is 0 Å². The summed E-state index contributed by atoms with van der Waals surface area (Å²) >= 11 is 0. The Hall–Kier alpha value is -3.34. The van der Waals surface area contributed by atoms with Gasteiger partial charge in [-0.3, -0.25) is 0 Å². The third kappa shape index (κ3) is 4.32. The Morgan fingerprint density at radius 3 is 2.61 bits per heavy atom. The minimum Gasteiger partial charge on any atom is -0.494 e. The summed E-state index contributed by atoms with van der Waals surface area (Å²) in [7, 11) is -3.00. The average Bonchev–Trinajstić information content (AvgIpc) is 3.49. The maximum absolute atomic E-state index is 12.1. The van der Waals surface area contributed by atoms with Crippen molar-refractivity contribution in [3.05, 3.63) is 42.4 Å². The molecule has 172 valence electrons. The normalized spacial score (nSPS) is 16.3. The fourth-order valence-corrected chi connectivity index (χ4v) is 5.72. The number of benzene rings is 1. The van der Waals surface area contributed by atoms with E-state index in [2.05, 4.69) is 37.6 Å². The van der Waals surface area contributed by atoms with Gasteiger partial charge < -0.3 is 4.74 Å². The SMILES string of the molecule is CCCCOc1ccc(-c2cnc3c(-c4nn[nH]n4)cnn3c2C2CCS(=O)(=O)CC2)cc1. The summed E-state index contributed by atoms with van der Waals surface area (Å²) in [5.41, 5.74) is 4.13. The predicted molar refractivity (Wildman–Crippen MR) is 123 cm³/mol. The molecule has 0 spiro atoms. The Balaban J connectivity index is 1.58. The molecule has 0 saturated carbocycles. The highest BCUT2D eigenvalue weighted by Crippen LogP contribution is 2.37. The van der Waals surface area contributed by atoms with Crippen molar-refractivity contribution < 1.29 is 13.2 Å². The highest BCUT2D eigenvalue weighted by atomic mass is 32.2. The molecule has 0 atom stereocenters. The number of aromatic nitrogens is 7. The van der Waals surface area contributed by atoms with Crippen molar-refractivity contribution in [1.82, 2.24) is 35.2 Å². The van der Waals surface area contributed by atoms with Crippen LogP contribution in [0.25, 0.3) is 28.2 Å². The number of hydrogen-bond acceptors (Lipinski definition) is 8. The van der Waals surface area contributed by atoms with Crippen molar-refractivity contribution in [1.29, 1.82) is 0 Å². The summed E-state index contributed by atoms with van der Waals surface area (Å²) in [5, 5.41) is 18.8. The summed E-state index contributed by atoms with van der Waals surface area (Å²) in [6.07, 6.45) is 6.68. The highest BCUT2D eigenvalue weighted by molar-refractivity contribution is 7.91. The number of rotatable bonds is 7. The number of nitrogens with one attached hydrogen (secondary N) is 1. The Labute approximate surface area is 191 Å². The number of fused-ring (bicyclic) bond motifs is 1. The average molecular weight is 468 g/mol. The van der Waals surface area contributed by atoms with Gasteiger partial charge in [0.05, 0.1) is 35.6 Å². The van der Waals surface area contributed by atoms with E-state index in [1.165, 1.54) is 0 Å². The van der Waals surface area contributed by atoms with Crippen molar-refractivity contribution in [3.8, 4) is 28.3 Å². The second-order valence-electron chi connectivity index (χ2n) is 8.24. The van der Waals surface area contributed by atoms with Gasteiger partial charge in [-0.2, -0.15) is 10.3 Å². The topological polar surface area (TPSA) is 128 Å². The molecule has 1 aliphatic rings. The van der Waals surface area contributed by atoms with Gasteiger partial charge in [-0.05, 0) is 42.2 Å². The van der Waals surface area contributed by atoms with Crippen LogP contribution in [-0.4, -0.2) is 61.8 Å². The molecule has 11 heteroatoms. The first kappa shape index (κ1) is 21.5. The smallest absolute Gasteiger partial charge is 0.210 e. The zero-order valence-corrected chi connectivity index (χ0v) is 19.1. The second-order valence-corrected chi connectivity index (χ2v) is 10.5. The van der Waals surface area contributed by atoms with Gasteiger partial charge in [0.15, 0.2) is 5.65 Å². The van der Waals surface area contributed by atoms with E-state index in [1.807, 2.05) is 30.5 Å². The molecule has 4 aromatic rings. The van der Waals surface area contributed by atoms with Gasteiger partial charge in [-0.1, -0.05) is 25.5 Å². The van der Waals surface area contributed by atoms with E-state index < -0.39 is 9.84 Å². The largest absolute Gasteiger partial charge is 0.494 e. The molecule has 0 aliphatic carbocycles. The van der Waals surface area contributed by atoms with Gasteiger partial charge in [0.1, 0.15) is 15.6 Å². The molecule has 10 nitrogen and oxygen atoms in total. The van der Waals surface area contributed by atoms with Crippen molar-refractivity contribution in [2.75, 3.05) is 18.1 Å². The number of aromatic amines is 1. The molecular weight excluding hydrogens is 442 g/mol. The zero-order valence-electron chi connectivity index (χ0n) is 18.3. The molecule has 3 aromatic heterocycles.